The lowest BCUT2D eigenvalue weighted by atomic mass is 10.1. The Bertz CT molecular complexity index is 1410. The molecule has 0 bridgehead atoms. The second kappa shape index (κ2) is 7.25. The largest absolute Gasteiger partial charge is 0.489 e. The predicted octanol–water partition coefficient (Wildman–Crippen LogP) is 2.49. The predicted molar refractivity (Wildman–Crippen MR) is 124 cm³/mol. The number of benzene rings is 2. The van der Waals surface area contributed by atoms with Crippen LogP contribution in [-0.2, 0) is 6.54 Å². The third-order valence-electron chi connectivity index (χ3n) is 6.32. The molecule has 1 atom stereocenters. The van der Waals surface area contributed by atoms with E-state index in [-0.39, 0.29) is 17.3 Å². The molecule has 2 aliphatic rings. The molecule has 31 heavy (non-hydrogen) atoms. The molecule has 1 saturated heterocycles. The van der Waals surface area contributed by atoms with E-state index < -0.39 is 0 Å². The SMILES string of the molecule is O=c1[nH]c2c(sc3ccccc32)c(=O)n1CCN1CCN2c3ccccc3OCC2C1. The van der Waals surface area contributed by atoms with Crippen LogP contribution < -0.4 is 20.9 Å². The van der Waals surface area contributed by atoms with Crippen LogP contribution >= 0.6 is 11.3 Å². The molecule has 0 amide bonds. The molecular formula is C23H22N4O3S. The Morgan fingerprint density at radius 3 is 2.81 bits per heavy atom. The number of piperazine rings is 1. The topological polar surface area (TPSA) is 70.6 Å². The smallest absolute Gasteiger partial charge is 0.328 e. The molecule has 1 unspecified atom stereocenters. The van der Waals surface area contributed by atoms with E-state index >= 15 is 0 Å². The number of thiophene rings is 1. The van der Waals surface area contributed by atoms with Gasteiger partial charge < -0.3 is 14.6 Å². The Morgan fingerprint density at radius 2 is 1.87 bits per heavy atom. The van der Waals surface area contributed by atoms with E-state index in [4.69, 9.17) is 4.74 Å². The molecule has 8 heteroatoms. The van der Waals surface area contributed by atoms with Gasteiger partial charge in [-0.2, -0.15) is 0 Å². The Labute approximate surface area is 182 Å². The molecule has 0 aliphatic carbocycles. The summed E-state index contributed by atoms with van der Waals surface area (Å²) in [7, 11) is 0. The zero-order chi connectivity index (χ0) is 20.9. The van der Waals surface area contributed by atoms with Gasteiger partial charge in [0.25, 0.3) is 5.56 Å². The highest BCUT2D eigenvalue weighted by molar-refractivity contribution is 7.25. The molecule has 2 aliphatic heterocycles. The van der Waals surface area contributed by atoms with Crippen LogP contribution in [0.25, 0.3) is 20.3 Å². The maximum absolute atomic E-state index is 13.1. The number of nitrogens with one attached hydrogen (secondary N) is 1. The van der Waals surface area contributed by atoms with Crippen LogP contribution in [0.4, 0.5) is 5.69 Å². The second-order valence-electron chi connectivity index (χ2n) is 8.12. The first-order chi connectivity index (χ1) is 15.2. The van der Waals surface area contributed by atoms with E-state index in [1.165, 1.54) is 15.9 Å². The van der Waals surface area contributed by atoms with Crippen molar-refractivity contribution >= 4 is 37.3 Å². The summed E-state index contributed by atoms with van der Waals surface area (Å²) < 4.78 is 8.91. The van der Waals surface area contributed by atoms with Gasteiger partial charge >= 0.3 is 5.69 Å². The van der Waals surface area contributed by atoms with Crippen molar-refractivity contribution in [3.8, 4) is 5.75 Å². The summed E-state index contributed by atoms with van der Waals surface area (Å²) in [5.41, 5.74) is 1.27. The average Bonchev–Trinajstić information content (AvgIpc) is 3.17. The van der Waals surface area contributed by atoms with Crippen molar-refractivity contribution in [2.24, 2.45) is 0 Å². The average molecular weight is 435 g/mol. The number of H-pyrrole nitrogens is 1. The van der Waals surface area contributed by atoms with Gasteiger partial charge in [-0.1, -0.05) is 30.3 Å². The fraction of sp³-hybridized carbons (Fsp3) is 0.304. The standard InChI is InChI=1S/C23H22N4O3S/c28-22-21-20(16-5-1-4-8-19(16)31-21)24-23(29)27(22)12-10-25-9-11-26-15(13-25)14-30-18-7-3-2-6-17(18)26/h1-8,15H,9-14H2,(H,24,29). The van der Waals surface area contributed by atoms with Crippen LogP contribution in [0.3, 0.4) is 0 Å². The van der Waals surface area contributed by atoms with Crippen molar-refractivity contribution in [2.45, 2.75) is 12.6 Å². The van der Waals surface area contributed by atoms with Crippen LogP contribution in [0, 0.1) is 0 Å². The summed E-state index contributed by atoms with van der Waals surface area (Å²) >= 11 is 1.44. The molecule has 6 rings (SSSR count). The number of fused-ring (bicyclic) bond motifs is 6. The molecule has 0 spiro atoms. The molecule has 7 nitrogen and oxygen atoms in total. The summed E-state index contributed by atoms with van der Waals surface area (Å²) in [6.07, 6.45) is 0. The molecule has 1 fully saturated rings. The minimum Gasteiger partial charge on any atom is -0.489 e. The number of nitrogens with zero attached hydrogens (tertiary/aromatic N) is 3. The van der Waals surface area contributed by atoms with Gasteiger partial charge in [-0.3, -0.25) is 14.3 Å². The van der Waals surface area contributed by atoms with Gasteiger partial charge in [0.15, 0.2) is 0 Å². The van der Waals surface area contributed by atoms with Gasteiger partial charge in [0.05, 0.1) is 17.2 Å². The highest BCUT2D eigenvalue weighted by Crippen LogP contribution is 2.34. The van der Waals surface area contributed by atoms with Crippen LogP contribution in [0.1, 0.15) is 0 Å². The normalized spacial score (nSPS) is 18.7. The van der Waals surface area contributed by atoms with E-state index in [0.29, 0.717) is 29.9 Å². The Hall–Kier alpha value is -3.10. The molecule has 0 saturated carbocycles. The van der Waals surface area contributed by atoms with Gasteiger partial charge in [-0.15, -0.1) is 11.3 Å². The second-order valence-corrected chi connectivity index (χ2v) is 9.17. The van der Waals surface area contributed by atoms with E-state index in [9.17, 15) is 9.59 Å². The molecule has 2 aromatic heterocycles. The van der Waals surface area contributed by atoms with Gasteiger partial charge in [0.1, 0.15) is 17.1 Å². The number of hydrogen-bond donors (Lipinski definition) is 1. The lowest BCUT2D eigenvalue weighted by Crippen LogP contribution is -2.57. The number of para-hydroxylation sites is 2. The first-order valence-corrected chi connectivity index (χ1v) is 11.4. The molecule has 2 aromatic carbocycles. The van der Waals surface area contributed by atoms with Gasteiger partial charge in [-0.05, 0) is 18.2 Å². The molecule has 0 radical (unpaired) electrons. The Balaban J connectivity index is 1.22. The highest BCUT2D eigenvalue weighted by atomic mass is 32.1. The first-order valence-electron chi connectivity index (χ1n) is 10.5. The van der Waals surface area contributed by atoms with Crippen molar-refractivity contribution in [2.75, 3.05) is 37.7 Å². The van der Waals surface area contributed by atoms with E-state index in [1.54, 1.807) is 0 Å². The molecule has 4 heterocycles. The summed E-state index contributed by atoms with van der Waals surface area (Å²) in [4.78, 5) is 33.4. The minimum absolute atomic E-state index is 0.200. The number of anilines is 1. The van der Waals surface area contributed by atoms with Crippen LogP contribution in [0.2, 0.25) is 0 Å². The van der Waals surface area contributed by atoms with Crippen molar-refractivity contribution in [1.29, 1.82) is 0 Å². The first kappa shape index (κ1) is 18.7. The molecule has 4 aromatic rings. The summed E-state index contributed by atoms with van der Waals surface area (Å²) in [5, 5.41) is 0.928. The van der Waals surface area contributed by atoms with E-state index in [2.05, 4.69) is 20.9 Å². The number of hydrogen-bond acceptors (Lipinski definition) is 6. The summed E-state index contributed by atoms with van der Waals surface area (Å²) in [6.45, 7) is 4.34. The summed E-state index contributed by atoms with van der Waals surface area (Å²) in [6, 6.07) is 16.2. The van der Waals surface area contributed by atoms with Gasteiger partial charge in [-0.25, -0.2) is 4.79 Å². The third-order valence-corrected chi connectivity index (χ3v) is 7.48. The van der Waals surface area contributed by atoms with Crippen molar-refractivity contribution < 1.29 is 4.74 Å². The zero-order valence-corrected chi connectivity index (χ0v) is 17.7. The van der Waals surface area contributed by atoms with E-state index in [1.807, 2.05) is 42.5 Å². The molecule has 158 valence electrons. The molecular weight excluding hydrogens is 412 g/mol. The lowest BCUT2D eigenvalue weighted by Gasteiger charge is -2.45. The third kappa shape index (κ3) is 3.05. The zero-order valence-electron chi connectivity index (χ0n) is 16.9. The molecule has 1 N–H and O–H groups in total. The van der Waals surface area contributed by atoms with Gasteiger partial charge in [0.2, 0.25) is 0 Å². The monoisotopic (exact) mass is 434 g/mol. The maximum atomic E-state index is 13.1. The fourth-order valence-electron chi connectivity index (χ4n) is 4.74. The van der Waals surface area contributed by atoms with Crippen LogP contribution in [0.15, 0.2) is 58.1 Å². The fourth-order valence-corrected chi connectivity index (χ4v) is 5.85. The van der Waals surface area contributed by atoms with Crippen LogP contribution in [-0.4, -0.2) is 53.3 Å². The Kier molecular flexibility index (Phi) is 4.36. The van der Waals surface area contributed by atoms with E-state index in [0.717, 1.165) is 41.2 Å². The lowest BCUT2D eigenvalue weighted by molar-refractivity contribution is 0.163. The number of rotatable bonds is 3. The van der Waals surface area contributed by atoms with Crippen LogP contribution in [0.5, 0.6) is 5.75 Å². The van der Waals surface area contributed by atoms with Crippen molar-refractivity contribution in [1.82, 2.24) is 14.5 Å². The number of aromatic amines is 1. The van der Waals surface area contributed by atoms with Gasteiger partial charge in [0, 0.05) is 42.8 Å². The quantitative estimate of drug-likeness (QED) is 0.537. The van der Waals surface area contributed by atoms with Crippen molar-refractivity contribution in [3.63, 3.8) is 0 Å². The minimum atomic E-state index is -0.338. The number of aromatic nitrogens is 2. The van der Waals surface area contributed by atoms with Crippen molar-refractivity contribution in [3.05, 3.63) is 69.4 Å². The summed E-state index contributed by atoms with van der Waals surface area (Å²) in [5.74, 6) is 0.946. The maximum Gasteiger partial charge on any atom is 0.328 e. The Morgan fingerprint density at radius 1 is 1.03 bits per heavy atom. The number of ether oxygens (including phenoxy) is 1. The highest BCUT2D eigenvalue weighted by Gasteiger charge is 2.32.